The van der Waals surface area contributed by atoms with Crippen LogP contribution in [-0.2, 0) is 25.8 Å². The van der Waals surface area contributed by atoms with E-state index >= 15 is 0 Å². The van der Waals surface area contributed by atoms with Crippen LogP contribution in [-0.4, -0.2) is 65.9 Å². The Morgan fingerprint density at radius 2 is 2.07 bits per heavy atom. The van der Waals surface area contributed by atoms with Gasteiger partial charge in [0.2, 0.25) is 0 Å². The van der Waals surface area contributed by atoms with Crippen LogP contribution in [0.5, 0.6) is 11.5 Å². The van der Waals surface area contributed by atoms with Gasteiger partial charge in [-0.1, -0.05) is 33.5 Å². The Hall–Kier alpha value is -2.99. The zero-order valence-electron chi connectivity index (χ0n) is 20.7. The van der Waals surface area contributed by atoms with Gasteiger partial charge in [0.1, 0.15) is 22.8 Å². The molecule has 0 radical (unpaired) electrons. The van der Waals surface area contributed by atoms with Gasteiger partial charge in [0.25, 0.3) is 11.8 Å². The number of nitrogens with two attached hydrogens (primary N) is 1. The number of thiazole rings is 1. The predicted molar refractivity (Wildman–Crippen MR) is 141 cm³/mol. The third-order valence-electron chi connectivity index (χ3n) is 5.69. The first-order valence-electron chi connectivity index (χ1n) is 11.0. The molecular weight excluding hydrogens is 634 g/mol. The fraction of sp³-hybridized carbons (Fsp3) is 0.182. The van der Waals surface area contributed by atoms with E-state index in [-0.39, 0.29) is 85.5 Å². The summed E-state index contributed by atoms with van der Waals surface area (Å²) in [5.41, 5.74) is 5.57. The van der Waals surface area contributed by atoms with E-state index < -0.39 is 40.7 Å². The Labute approximate surface area is 270 Å². The number of hydrogen-bond acceptors (Lipinski definition) is 14. The number of rotatable bonds is 8. The number of phenols is 2. The number of anilines is 1. The fourth-order valence-electron chi connectivity index (χ4n) is 3.80. The molecule has 0 aliphatic carbocycles. The molecule has 2 atom stereocenters. The van der Waals surface area contributed by atoms with Crippen molar-refractivity contribution < 1.29 is 68.6 Å². The molecule has 1 fully saturated rings. The molecule has 1 saturated heterocycles. The molecule has 2 unspecified atom stereocenters. The van der Waals surface area contributed by atoms with Gasteiger partial charge in [-0.3, -0.25) is 14.5 Å². The summed E-state index contributed by atoms with van der Waals surface area (Å²) >= 11 is 14.3. The average molecular weight is 649 g/mol. The summed E-state index contributed by atoms with van der Waals surface area (Å²) in [6.07, 6.45) is 1.37. The second-order valence-corrected chi connectivity index (χ2v) is 11.0. The number of fused-ring (bicyclic) bond motifs is 1. The molecule has 4 heterocycles. The number of benzene rings is 1. The van der Waals surface area contributed by atoms with Gasteiger partial charge in [0.05, 0.1) is 21.7 Å². The Morgan fingerprint density at radius 3 is 2.76 bits per heavy atom. The van der Waals surface area contributed by atoms with Crippen LogP contribution >= 0.6 is 46.3 Å². The molecule has 3 aromatic rings. The number of oxime groups is 1. The number of nitrogens with one attached hydrogen (secondary N) is 1. The van der Waals surface area contributed by atoms with Crippen LogP contribution in [0.4, 0.5) is 5.13 Å². The number of aliphatic carboxylic acids is 1. The van der Waals surface area contributed by atoms with Crippen LogP contribution in [0.2, 0.25) is 10.0 Å². The number of aromatic nitrogens is 2. The summed E-state index contributed by atoms with van der Waals surface area (Å²) in [5, 5.41) is 41.8. The number of β-lactam (4-membered cyclic amide) rings is 1. The quantitative estimate of drug-likeness (QED) is 0.0689. The first kappa shape index (κ1) is 31.0. The van der Waals surface area contributed by atoms with E-state index in [9.17, 15) is 29.7 Å². The van der Waals surface area contributed by atoms with E-state index in [0.717, 1.165) is 16.2 Å². The molecule has 41 heavy (non-hydrogen) atoms. The number of amides is 2. The van der Waals surface area contributed by atoms with E-state index in [4.69, 9.17) is 38.3 Å². The van der Waals surface area contributed by atoms with Crippen molar-refractivity contribution in [3.63, 3.8) is 0 Å². The molecule has 208 valence electrons. The standard InChI is InChI=1S/C22H16Cl2N6O8S2.Na/c23-9-4-8(13(24)17(32)16(9)31)10-3-7(38-28-10)5-37-29-14(11-6-40-22(25)26-11)18(33)27-15-19(34)30-12(21(35)36)1-2-39-20(15)30;/h1,3-4,6,15,20,31-32H,2,5H2,(H2,25,26)(H,27,33)(H,35,36);/q;+1/p-1/b29-14-;. The summed E-state index contributed by atoms with van der Waals surface area (Å²) in [6.45, 7) is -0.312. The topological polar surface area (TPSA) is 217 Å². The van der Waals surface area contributed by atoms with E-state index in [2.05, 4.69) is 20.6 Å². The molecule has 0 spiro atoms. The minimum atomic E-state index is -1.49. The molecule has 5 rings (SSSR count). The number of carboxylic acids is 1. The number of phenolic OH excluding ortho intramolecular Hbond substituents is 2. The number of aromatic hydroxyl groups is 2. The normalized spacial score (nSPS) is 18.1. The number of thioether (sulfide) groups is 1. The maximum atomic E-state index is 13.1. The number of hydrogen-bond donors (Lipinski definition) is 4. The number of nitrogens with zero attached hydrogens (tertiary/aromatic N) is 4. The van der Waals surface area contributed by atoms with Crippen molar-refractivity contribution in [3.8, 4) is 22.8 Å². The van der Waals surface area contributed by atoms with Crippen molar-refractivity contribution in [2.24, 2.45) is 5.16 Å². The molecule has 1 aromatic carbocycles. The van der Waals surface area contributed by atoms with Crippen LogP contribution < -0.4 is 45.7 Å². The third kappa shape index (κ3) is 5.99. The number of carbonyl (C=O) groups excluding carboxylic acids is 3. The number of halogens is 2. The number of carbonyl (C=O) groups is 3. The van der Waals surface area contributed by atoms with E-state index in [1.165, 1.54) is 35.4 Å². The van der Waals surface area contributed by atoms with Gasteiger partial charge in [0.15, 0.2) is 34.7 Å². The zero-order chi connectivity index (χ0) is 28.7. The summed E-state index contributed by atoms with van der Waals surface area (Å²) in [5.74, 6) is -3.67. The fourth-order valence-corrected chi connectivity index (χ4v) is 5.98. The van der Waals surface area contributed by atoms with Crippen molar-refractivity contribution in [3.05, 3.63) is 50.8 Å². The first-order chi connectivity index (χ1) is 19.1. The van der Waals surface area contributed by atoms with Crippen molar-refractivity contribution in [2.45, 2.75) is 18.0 Å². The minimum absolute atomic E-state index is 0. The van der Waals surface area contributed by atoms with Crippen molar-refractivity contribution >= 4 is 74.9 Å². The first-order valence-corrected chi connectivity index (χ1v) is 13.7. The van der Waals surface area contributed by atoms with Gasteiger partial charge in [-0.05, 0) is 12.1 Å². The van der Waals surface area contributed by atoms with Gasteiger partial charge >= 0.3 is 29.6 Å². The Balaban J connectivity index is 0.00000387. The largest absolute Gasteiger partial charge is 1.00 e. The predicted octanol–water partition coefficient (Wildman–Crippen LogP) is -1.94. The number of nitrogen functional groups attached to an aromatic ring is 1. The smallest absolute Gasteiger partial charge is 0.543 e. The summed E-state index contributed by atoms with van der Waals surface area (Å²) in [6, 6.07) is 1.68. The van der Waals surface area contributed by atoms with Gasteiger partial charge in [-0.25, -0.2) is 4.98 Å². The van der Waals surface area contributed by atoms with E-state index in [1.54, 1.807) is 0 Å². The molecule has 2 aliphatic rings. The summed E-state index contributed by atoms with van der Waals surface area (Å²) in [4.78, 5) is 47.4. The zero-order valence-corrected chi connectivity index (χ0v) is 25.8. The third-order valence-corrected chi connectivity index (χ3v) is 8.21. The Bertz CT molecular complexity index is 1610. The van der Waals surface area contributed by atoms with Crippen LogP contribution in [0.3, 0.4) is 0 Å². The van der Waals surface area contributed by atoms with Gasteiger partial charge < -0.3 is 40.5 Å². The second-order valence-electron chi connectivity index (χ2n) is 8.14. The van der Waals surface area contributed by atoms with Crippen LogP contribution in [0.1, 0.15) is 11.5 Å². The maximum Gasteiger partial charge on any atom is 1.00 e. The molecule has 2 amide bonds. The minimum Gasteiger partial charge on any atom is -0.543 e. The monoisotopic (exact) mass is 648 g/mol. The SMILES string of the molecule is Nc1nc(/C(=N/OCc2cc(-c3cc(Cl)c(O)c(O)c3Cl)no2)C(=O)NC2C(=O)N3C(C(=O)[O-])=CCSC23)cs1.[Na+]. The molecule has 14 nitrogen and oxygen atoms in total. The van der Waals surface area contributed by atoms with E-state index in [0.29, 0.717) is 5.75 Å². The average Bonchev–Trinajstić information content (AvgIpc) is 3.58. The van der Waals surface area contributed by atoms with Crippen molar-refractivity contribution in [2.75, 3.05) is 11.5 Å². The van der Waals surface area contributed by atoms with Crippen LogP contribution in [0.25, 0.3) is 11.3 Å². The van der Waals surface area contributed by atoms with Crippen LogP contribution in [0, 0.1) is 0 Å². The number of carboxylic acid groups (broad SMARTS) is 1. The molecule has 5 N–H and O–H groups in total. The summed E-state index contributed by atoms with van der Waals surface area (Å²) in [7, 11) is 0. The van der Waals surface area contributed by atoms with E-state index in [1.807, 2.05) is 0 Å². The Kier molecular flexibility index (Phi) is 9.42. The molecule has 0 bridgehead atoms. The molecular formula is C22H15Cl2N6NaO8S2. The van der Waals surface area contributed by atoms with Crippen LogP contribution in [0.15, 0.2) is 39.0 Å². The molecule has 2 aromatic heterocycles. The van der Waals surface area contributed by atoms with Gasteiger partial charge in [0, 0.05) is 22.8 Å². The molecule has 2 aliphatic heterocycles. The Morgan fingerprint density at radius 1 is 1.32 bits per heavy atom. The molecule has 19 heteroatoms. The molecule has 0 saturated carbocycles. The summed E-state index contributed by atoms with van der Waals surface area (Å²) < 4.78 is 5.19. The van der Waals surface area contributed by atoms with Gasteiger partial charge in [-0.15, -0.1) is 23.1 Å². The van der Waals surface area contributed by atoms with Crippen molar-refractivity contribution in [1.82, 2.24) is 20.4 Å². The second kappa shape index (κ2) is 12.5. The van der Waals surface area contributed by atoms with Gasteiger partial charge in [-0.2, -0.15) is 0 Å². The van der Waals surface area contributed by atoms with Crippen molar-refractivity contribution in [1.29, 1.82) is 0 Å². The maximum absolute atomic E-state index is 13.1.